The van der Waals surface area contributed by atoms with Gasteiger partial charge in [0.2, 0.25) is 0 Å². The molecule has 0 spiro atoms. The highest BCUT2D eigenvalue weighted by Gasteiger charge is 2.16. The maximum atomic E-state index is 12.4. The van der Waals surface area contributed by atoms with E-state index in [2.05, 4.69) is 15.8 Å². The Balaban J connectivity index is 1.65. The molecule has 10 heteroatoms. The molecular weight excluding hydrogens is 469 g/mol. The third-order valence-corrected chi connectivity index (χ3v) is 4.77. The van der Waals surface area contributed by atoms with Crippen molar-refractivity contribution in [1.82, 2.24) is 5.43 Å². The zero-order chi connectivity index (χ0) is 23.8. The predicted octanol–water partition coefficient (Wildman–Crippen LogP) is 4.31. The minimum atomic E-state index is -1.03. The summed E-state index contributed by atoms with van der Waals surface area (Å²) < 4.78 is 10.5. The summed E-state index contributed by atoms with van der Waals surface area (Å²) >= 11 is 11.9. The smallest absolute Gasteiger partial charge is 0.345 e. The van der Waals surface area contributed by atoms with Crippen molar-refractivity contribution in [3.63, 3.8) is 0 Å². The SMILES string of the molecule is COc1ccc(Cl)cc1NC(=O)C(=O)N/N=C/c1ccccc1OC(=O)c1ccccc1Cl. The van der Waals surface area contributed by atoms with E-state index in [4.69, 9.17) is 32.7 Å². The molecule has 0 saturated heterocycles. The molecule has 33 heavy (non-hydrogen) atoms. The molecule has 2 N–H and O–H groups in total. The lowest BCUT2D eigenvalue weighted by Gasteiger charge is -2.10. The van der Waals surface area contributed by atoms with Gasteiger partial charge in [0.1, 0.15) is 11.5 Å². The number of carbonyl (C=O) groups is 3. The molecule has 0 aliphatic rings. The van der Waals surface area contributed by atoms with Gasteiger partial charge in [-0.05, 0) is 42.5 Å². The fourth-order valence-corrected chi connectivity index (χ4v) is 3.01. The standard InChI is InChI=1S/C23H17Cl2N3O5/c1-32-20-11-10-15(24)12-18(20)27-21(29)22(30)28-26-13-14-6-2-5-9-19(14)33-23(31)16-7-3-4-8-17(16)25/h2-13H,1H3,(H,27,29)(H,28,30)/b26-13+. The van der Waals surface area contributed by atoms with Gasteiger partial charge < -0.3 is 14.8 Å². The lowest BCUT2D eigenvalue weighted by Crippen LogP contribution is -2.32. The first kappa shape index (κ1) is 23.8. The molecule has 0 bridgehead atoms. The second-order valence-electron chi connectivity index (χ2n) is 6.41. The van der Waals surface area contributed by atoms with Crippen LogP contribution in [0.15, 0.2) is 71.8 Å². The number of para-hydroxylation sites is 1. The van der Waals surface area contributed by atoms with Crippen molar-refractivity contribution in [2.75, 3.05) is 12.4 Å². The lowest BCUT2D eigenvalue weighted by molar-refractivity contribution is -0.136. The van der Waals surface area contributed by atoms with E-state index < -0.39 is 17.8 Å². The number of hydrazone groups is 1. The number of benzene rings is 3. The van der Waals surface area contributed by atoms with Crippen LogP contribution in [0.2, 0.25) is 10.0 Å². The summed E-state index contributed by atoms with van der Waals surface area (Å²) in [5, 5.41) is 6.77. The number of nitrogens with one attached hydrogen (secondary N) is 2. The van der Waals surface area contributed by atoms with Gasteiger partial charge in [-0.15, -0.1) is 0 Å². The van der Waals surface area contributed by atoms with Crippen molar-refractivity contribution < 1.29 is 23.9 Å². The second-order valence-corrected chi connectivity index (χ2v) is 7.25. The Morgan fingerprint density at radius 2 is 1.64 bits per heavy atom. The van der Waals surface area contributed by atoms with Gasteiger partial charge in [-0.2, -0.15) is 5.10 Å². The van der Waals surface area contributed by atoms with Crippen molar-refractivity contribution in [3.05, 3.63) is 87.9 Å². The summed E-state index contributed by atoms with van der Waals surface area (Å²) in [4.78, 5) is 36.7. The van der Waals surface area contributed by atoms with Crippen LogP contribution < -0.4 is 20.2 Å². The van der Waals surface area contributed by atoms with Crippen molar-refractivity contribution in [2.24, 2.45) is 5.10 Å². The molecular formula is C23H17Cl2N3O5. The van der Waals surface area contributed by atoms with Crippen molar-refractivity contribution >= 4 is 52.9 Å². The number of hydrogen-bond acceptors (Lipinski definition) is 6. The quantitative estimate of drug-likeness (QED) is 0.178. The molecule has 0 radical (unpaired) electrons. The van der Waals surface area contributed by atoms with E-state index in [1.807, 2.05) is 0 Å². The van der Waals surface area contributed by atoms with Crippen LogP contribution in [-0.4, -0.2) is 31.1 Å². The first-order valence-corrected chi connectivity index (χ1v) is 10.2. The van der Waals surface area contributed by atoms with Gasteiger partial charge in [0.25, 0.3) is 0 Å². The van der Waals surface area contributed by atoms with Crippen LogP contribution >= 0.6 is 23.2 Å². The van der Waals surface area contributed by atoms with Gasteiger partial charge in [0.15, 0.2) is 0 Å². The summed E-state index contributed by atoms with van der Waals surface area (Å²) in [7, 11) is 1.42. The molecule has 0 saturated carbocycles. The zero-order valence-electron chi connectivity index (χ0n) is 17.2. The van der Waals surface area contributed by atoms with Crippen LogP contribution in [0.5, 0.6) is 11.5 Å². The Bertz CT molecular complexity index is 1230. The Morgan fingerprint density at radius 1 is 0.909 bits per heavy atom. The van der Waals surface area contributed by atoms with Crippen LogP contribution in [0.25, 0.3) is 0 Å². The van der Waals surface area contributed by atoms with Crippen LogP contribution in [0, 0.1) is 0 Å². The first-order valence-electron chi connectivity index (χ1n) is 9.42. The number of hydrogen-bond donors (Lipinski definition) is 2. The normalized spacial score (nSPS) is 10.5. The summed E-state index contributed by atoms with van der Waals surface area (Å²) in [6.07, 6.45) is 1.24. The molecule has 0 aromatic heterocycles. The van der Waals surface area contributed by atoms with Crippen LogP contribution in [0.4, 0.5) is 5.69 Å². The maximum absolute atomic E-state index is 12.4. The molecule has 3 aromatic rings. The van der Waals surface area contributed by atoms with E-state index in [0.29, 0.717) is 16.3 Å². The number of carbonyl (C=O) groups excluding carboxylic acids is 3. The monoisotopic (exact) mass is 485 g/mol. The van der Waals surface area contributed by atoms with Crippen molar-refractivity contribution in [2.45, 2.75) is 0 Å². The minimum Gasteiger partial charge on any atom is -0.495 e. The molecule has 0 heterocycles. The van der Waals surface area contributed by atoms with Crippen LogP contribution in [-0.2, 0) is 9.59 Å². The summed E-state index contributed by atoms with van der Waals surface area (Å²) in [6, 6.07) is 17.6. The van der Waals surface area contributed by atoms with Crippen LogP contribution in [0.3, 0.4) is 0 Å². The number of halogens is 2. The molecule has 8 nitrogen and oxygen atoms in total. The van der Waals surface area contributed by atoms with Crippen molar-refractivity contribution in [1.29, 1.82) is 0 Å². The van der Waals surface area contributed by atoms with Gasteiger partial charge in [-0.3, -0.25) is 9.59 Å². The highest BCUT2D eigenvalue weighted by atomic mass is 35.5. The van der Waals surface area contributed by atoms with E-state index in [-0.39, 0.29) is 22.0 Å². The molecule has 0 aliphatic heterocycles. The van der Waals surface area contributed by atoms with Gasteiger partial charge >= 0.3 is 17.8 Å². The van der Waals surface area contributed by atoms with Gasteiger partial charge in [-0.1, -0.05) is 47.5 Å². The minimum absolute atomic E-state index is 0.188. The summed E-state index contributed by atoms with van der Waals surface area (Å²) in [6.45, 7) is 0. The average molecular weight is 486 g/mol. The highest BCUT2D eigenvalue weighted by Crippen LogP contribution is 2.27. The molecule has 0 fully saturated rings. The molecule has 0 atom stereocenters. The zero-order valence-corrected chi connectivity index (χ0v) is 18.7. The Hall–Kier alpha value is -3.88. The Morgan fingerprint density at radius 3 is 2.39 bits per heavy atom. The highest BCUT2D eigenvalue weighted by molar-refractivity contribution is 6.40. The molecule has 3 aromatic carbocycles. The summed E-state index contributed by atoms with van der Waals surface area (Å²) in [5.74, 6) is -2.14. The number of methoxy groups -OCH3 is 1. The number of esters is 1. The second kappa shape index (κ2) is 11.1. The van der Waals surface area contributed by atoms with E-state index >= 15 is 0 Å². The third kappa shape index (κ3) is 6.31. The molecule has 0 unspecified atom stereocenters. The number of rotatable bonds is 6. The van der Waals surface area contributed by atoms with Gasteiger partial charge in [0, 0.05) is 10.6 Å². The number of anilines is 1. The molecule has 3 rings (SSSR count). The number of nitrogens with zero attached hydrogens (tertiary/aromatic N) is 1. The lowest BCUT2D eigenvalue weighted by atomic mass is 10.2. The molecule has 2 amide bonds. The number of amides is 2. The van der Waals surface area contributed by atoms with Gasteiger partial charge in [0.05, 0.1) is 29.6 Å². The van der Waals surface area contributed by atoms with E-state index in [1.165, 1.54) is 25.5 Å². The van der Waals surface area contributed by atoms with Crippen LogP contribution in [0.1, 0.15) is 15.9 Å². The molecule has 168 valence electrons. The third-order valence-electron chi connectivity index (χ3n) is 4.20. The van der Waals surface area contributed by atoms with Gasteiger partial charge in [-0.25, -0.2) is 10.2 Å². The fourth-order valence-electron chi connectivity index (χ4n) is 2.63. The largest absolute Gasteiger partial charge is 0.495 e. The summed E-state index contributed by atoms with van der Waals surface area (Å²) in [5.41, 5.74) is 2.92. The average Bonchev–Trinajstić information content (AvgIpc) is 2.80. The Kier molecular flexibility index (Phi) is 8.01. The van der Waals surface area contributed by atoms with E-state index in [0.717, 1.165) is 0 Å². The maximum Gasteiger partial charge on any atom is 0.345 e. The predicted molar refractivity (Wildman–Crippen MR) is 125 cm³/mol. The topological polar surface area (TPSA) is 106 Å². The molecule has 0 aliphatic carbocycles. The Labute approximate surface area is 199 Å². The number of ether oxygens (including phenoxy) is 2. The van der Waals surface area contributed by atoms with Crippen molar-refractivity contribution in [3.8, 4) is 11.5 Å². The first-order chi connectivity index (χ1) is 15.9. The fraction of sp³-hybridized carbons (Fsp3) is 0.0435. The van der Waals surface area contributed by atoms with E-state index in [9.17, 15) is 14.4 Å². The van der Waals surface area contributed by atoms with E-state index in [1.54, 1.807) is 54.6 Å².